The first kappa shape index (κ1) is 21.0. The van der Waals surface area contributed by atoms with Crippen molar-refractivity contribution in [3.63, 3.8) is 0 Å². The summed E-state index contributed by atoms with van der Waals surface area (Å²) in [5.41, 5.74) is 7.81. The first-order valence-corrected chi connectivity index (χ1v) is 9.88. The van der Waals surface area contributed by atoms with Crippen molar-refractivity contribution in [2.45, 2.75) is 70.5 Å². The molecular formula is C21H33ClN2O2. The number of piperidine rings is 1. The van der Waals surface area contributed by atoms with E-state index in [1.54, 1.807) is 0 Å². The minimum absolute atomic E-state index is 0. The third kappa shape index (κ3) is 5.88. The van der Waals surface area contributed by atoms with E-state index in [4.69, 9.17) is 10.5 Å². The van der Waals surface area contributed by atoms with E-state index < -0.39 is 0 Å². The Morgan fingerprint density at radius 1 is 1.08 bits per heavy atom. The molecule has 1 saturated carbocycles. The van der Waals surface area contributed by atoms with Gasteiger partial charge in [-0.05, 0) is 62.5 Å². The average Bonchev–Trinajstić information content (AvgIpc) is 2.63. The average molecular weight is 381 g/mol. The number of anilines is 1. The number of nitrogens with zero attached hydrogens (tertiary/aromatic N) is 1. The molecule has 1 amide bonds. The Morgan fingerprint density at radius 3 is 2.35 bits per heavy atom. The number of hydrogen-bond donors (Lipinski definition) is 1. The maximum atomic E-state index is 12.5. The fraction of sp³-hybridized carbons (Fsp3) is 0.667. The molecule has 26 heavy (non-hydrogen) atoms. The van der Waals surface area contributed by atoms with Crippen LogP contribution in [0.1, 0.15) is 57.4 Å². The summed E-state index contributed by atoms with van der Waals surface area (Å²) in [6.07, 6.45) is 9.02. The second kappa shape index (κ2) is 10.2. The van der Waals surface area contributed by atoms with Crippen LogP contribution in [0.4, 0.5) is 5.69 Å². The van der Waals surface area contributed by atoms with E-state index in [9.17, 15) is 4.79 Å². The van der Waals surface area contributed by atoms with Crippen molar-refractivity contribution in [3.8, 4) is 0 Å². The van der Waals surface area contributed by atoms with Crippen LogP contribution in [0, 0.1) is 5.92 Å². The molecule has 2 aliphatic rings. The van der Waals surface area contributed by atoms with E-state index in [0.29, 0.717) is 18.6 Å². The summed E-state index contributed by atoms with van der Waals surface area (Å²) in [5.74, 6) is 1.10. The monoisotopic (exact) mass is 380 g/mol. The predicted molar refractivity (Wildman–Crippen MR) is 109 cm³/mol. The molecular weight excluding hydrogens is 348 g/mol. The van der Waals surface area contributed by atoms with Crippen molar-refractivity contribution >= 4 is 24.0 Å². The molecule has 1 saturated heterocycles. The Morgan fingerprint density at radius 2 is 1.69 bits per heavy atom. The van der Waals surface area contributed by atoms with Gasteiger partial charge in [-0.1, -0.05) is 25.1 Å². The zero-order valence-corrected chi connectivity index (χ0v) is 16.7. The highest BCUT2D eigenvalue weighted by Gasteiger charge is 2.27. The topological polar surface area (TPSA) is 55.6 Å². The molecule has 0 radical (unpaired) electrons. The highest BCUT2D eigenvalue weighted by molar-refractivity contribution is 5.85. The second-order valence-electron chi connectivity index (χ2n) is 7.80. The number of halogens is 1. The number of ether oxygens (including phenoxy) is 1. The number of hydrogen-bond acceptors (Lipinski definition) is 3. The minimum atomic E-state index is 0. The van der Waals surface area contributed by atoms with Gasteiger partial charge >= 0.3 is 0 Å². The summed E-state index contributed by atoms with van der Waals surface area (Å²) >= 11 is 0. The fourth-order valence-electron chi connectivity index (χ4n) is 4.04. The summed E-state index contributed by atoms with van der Waals surface area (Å²) in [6, 6.07) is 7.81. The highest BCUT2D eigenvalue weighted by atomic mass is 35.5. The Hall–Kier alpha value is -1.26. The molecule has 4 nitrogen and oxygen atoms in total. The fourth-order valence-corrected chi connectivity index (χ4v) is 4.04. The summed E-state index contributed by atoms with van der Waals surface area (Å²) in [7, 11) is 0. The number of aryl methyl sites for hydroxylation is 1. The molecule has 146 valence electrons. The Kier molecular flexibility index (Phi) is 8.23. The van der Waals surface area contributed by atoms with E-state index in [1.165, 1.54) is 25.7 Å². The van der Waals surface area contributed by atoms with Gasteiger partial charge in [0.05, 0.1) is 12.2 Å². The summed E-state index contributed by atoms with van der Waals surface area (Å²) < 4.78 is 6.30. The van der Waals surface area contributed by atoms with E-state index in [0.717, 1.165) is 49.5 Å². The lowest BCUT2D eigenvalue weighted by atomic mass is 9.88. The molecule has 3 rings (SSSR count). The Balaban J connectivity index is 0.00000243. The van der Waals surface area contributed by atoms with Gasteiger partial charge in [-0.3, -0.25) is 4.79 Å². The van der Waals surface area contributed by atoms with E-state index in [-0.39, 0.29) is 18.3 Å². The van der Waals surface area contributed by atoms with Crippen LogP contribution in [0.3, 0.4) is 0 Å². The molecule has 1 aromatic rings. The highest BCUT2D eigenvalue weighted by Crippen LogP contribution is 2.28. The Bertz CT molecular complexity index is 565. The second-order valence-corrected chi connectivity index (χ2v) is 7.80. The van der Waals surface area contributed by atoms with Crippen LogP contribution in [0.15, 0.2) is 24.3 Å². The maximum absolute atomic E-state index is 12.5. The summed E-state index contributed by atoms with van der Waals surface area (Å²) in [4.78, 5) is 14.5. The van der Waals surface area contributed by atoms with Gasteiger partial charge in [-0.2, -0.15) is 0 Å². The van der Waals surface area contributed by atoms with Gasteiger partial charge in [0.1, 0.15) is 0 Å². The molecule has 0 aromatic heterocycles. The normalized spacial score (nSPS) is 24.1. The number of nitrogen functional groups attached to an aromatic ring is 1. The van der Waals surface area contributed by atoms with Crippen molar-refractivity contribution < 1.29 is 9.53 Å². The van der Waals surface area contributed by atoms with Gasteiger partial charge in [0.25, 0.3) is 0 Å². The van der Waals surface area contributed by atoms with Crippen LogP contribution < -0.4 is 5.73 Å². The zero-order valence-electron chi connectivity index (χ0n) is 15.9. The number of carbonyl (C=O) groups is 1. The van der Waals surface area contributed by atoms with Crippen molar-refractivity contribution in [2.75, 3.05) is 18.8 Å². The molecule has 2 N–H and O–H groups in total. The van der Waals surface area contributed by atoms with Gasteiger partial charge < -0.3 is 15.4 Å². The molecule has 5 heteroatoms. The smallest absolute Gasteiger partial charge is 0.222 e. The number of para-hydroxylation sites is 1. The van der Waals surface area contributed by atoms with Crippen LogP contribution in [0.25, 0.3) is 0 Å². The third-order valence-electron chi connectivity index (χ3n) is 5.81. The lowest BCUT2D eigenvalue weighted by molar-refractivity contribution is -0.135. The molecule has 1 aliphatic heterocycles. The molecule has 1 aliphatic carbocycles. The van der Waals surface area contributed by atoms with Crippen molar-refractivity contribution in [3.05, 3.63) is 29.8 Å². The van der Waals surface area contributed by atoms with Crippen LogP contribution in [0.5, 0.6) is 0 Å². The standard InChI is InChI=1S/C21H32N2O2.ClH/c1-16-6-9-18(10-7-16)25-19-12-14-23(15-13-19)21(24)11-8-17-4-2-3-5-20(17)22;/h2-5,16,18-19H,6-15,22H2,1H3;1H. The van der Waals surface area contributed by atoms with Gasteiger partial charge in [0.2, 0.25) is 5.91 Å². The number of carbonyl (C=O) groups excluding carboxylic acids is 1. The quantitative estimate of drug-likeness (QED) is 0.778. The molecule has 0 unspecified atom stereocenters. The minimum Gasteiger partial charge on any atom is -0.399 e. The van der Waals surface area contributed by atoms with E-state index in [2.05, 4.69) is 6.92 Å². The maximum Gasteiger partial charge on any atom is 0.222 e. The lowest BCUT2D eigenvalue weighted by Crippen LogP contribution is -2.42. The van der Waals surface area contributed by atoms with Crippen LogP contribution in [-0.2, 0) is 16.0 Å². The van der Waals surface area contributed by atoms with E-state index in [1.807, 2.05) is 29.2 Å². The SMILES string of the molecule is CC1CCC(OC2CCN(C(=O)CCc3ccccc3N)CC2)CC1.Cl. The third-order valence-corrected chi connectivity index (χ3v) is 5.81. The zero-order chi connectivity index (χ0) is 17.6. The first-order chi connectivity index (χ1) is 12.1. The van der Waals surface area contributed by atoms with Gasteiger partial charge in [-0.15, -0.1) is 12.4 Å². The van der Waals surface area contributed by atoms with E-state index >= 15 is 0 Å². The molecule has 0 spiro atoms. The molecule has 1 heterocycles. The largest absolute Gasteiger partial charge is 0.399 e. The van der Waals surface area contributed by atoms with Crippen molar-refractivity contribution in [2.24, 2.45) is 5.92 Å². The Labute approximate surface area is 163 Å². The van der Waals surface area contributed by atoms with Crippen LogP contribution in [-0.4, -0.2) is 36.1 Å². The van der Waals surface area contributed by atoms with Gasteiger partial charge in [-0.25, -0.2) is 0 Å². The number of rotatable bonds is 5. The van der Waals surface area contributed by atoms with Gasteiger partial charge in [0, 0.05) is 25.2 Å². The molecule has 2 fully saturated rings. The molecule has 0 bridgehead atoms. The first-order valence-electron chi connectivity index (χ1n) is 9.88. The summed E-state index contributed by atoms with van der Waals surface area (Å²) in [6.45, 7) is 4.00. The van der Waals surface area contributed by atoms with Gasteiger partial charge in [0.15, 0.2) is 0 Å². The van der Waals surface area contributed by atoms with Crippen LogP contribution >= 0.6 is 12.4 Å². The lowest BCUT2D eigenvalue weighted by Gasteiger charge is -2.35. The predicted octanol–water partition coefficient (Wildman–Crippen LogP) is 4.21. The molecule has 1 aromatic carbocycles. The van der Waals surface area contributed by atoms with Crippen LogP contribution in [0.2, 0.25) is 0 Å². The van der Waals surface area contributed by atoms with Crippen molar-refractivity contribution in [1.82, 2.24) is 4.90 Å². The number of likely N-dealkylation sites (tertiary alicyclic amines) is 1. The van der Waals surface area contributed by atoms with Crippen molar-refractivity contribution in [1.29, 1.82) is 0 Å². The summed E-state index contributed by atoms with van der Waals surface area (Å²) in [5, 5.41) is 0. The number of amides is 1. The molecule has 0 atom stereocenters. The number of benzene rings is 1. The number of nitrogens with two attached hydrogens (primary N) is 1.